The van der Waals surface area contributed by atoms with Gasteiger partial charge in [-0.25, -0.2) is 8.78 Å². The van der Waals surface area contributed by atoms with Gasteiger partial charge in [0.25, 0.3) is 0 Å². The maximum Gasteiger partial charge on any atom is 0.159 e. The Morgan fingerprint density at radius 1 is 1.16 bits per heavy atom. The Labute approximate surface area is 110 Å². The summed E-state index contributed by atoms with van der Waals surface area (Å²) in [5, 5.41) is 9.38. The van der Waals surface area contributed by atoms with Gasteiger partial charge in [-0.05, 0) is 48.7 Å². The SMILES string of the molecule is CC(C#N)(Cc1ccncc1)c1ccc(F)c(F)c1. The van der Waals surface area contributed by atoms with Crippen LogP contribution in [0.15, 0.2) is 42.7 Å². The minimum absolute atomic E-state index is 0.414. The van der Waals surface area contributed by atoms with E-state index in [0.29, 0.717) is 12.0 Å². The van der Waals surface area contributed by atoms with E-state index in [1.54, 1.807) is 31.5 Å². The third kappa shape index (κ3) is 2.76. The summed E-state index contributed by atoms with van der Waals surface area (Å²) < 4.78 is 26.2. The van der Waals surface area contributed by atoms with Crippen LogP contribution in [0, 0.1) is 23.0 Å². The topological polar surface area (TPSA) is 36.7 Å². The number of hydrogen-bond donors (Lipinski definition) is 0. The molecule has 0 spiro atoms. The van der Waals surface area contributed by atoms with Crippen molar-refractivity contribution in [3.8, 4) is 6.07 Å². The fraction of sp³-hybridized carbons (Fsp3) is 0.200. The maximum absolute atomic E-state index is 13.3. The molecule has 0 bridgehead atoms. The van der Waals surface area contributed by atoms with E-state index in [0.717, 1.165) is 17.7 Å². The van der Waals surface area contributed by atoms with Crippen LogP contribution in [0.25, 0.3) is 0 Å². The Balaban J connectivity index is 2.37. The van der Waals surface area contributed by atoms with Gasteiger partial charge >= 0.3 is 0 Å². The van der Waals surface area contributed by atoms with Crippen LogP contribution >= 0.6 is 0 Å². The van der Waals surface area contributed by atoms with Crippen molar-refractivity contribution in [2.45, 2.75) is 18.8 Å². The lowest BCUT2D eigenvalue weighted by Crippen LogP contribution is -2.23. The van der Waals surface area contributed by atoms with E-state index in [-0.39, 0.29) is 0 Å². The van der Waals surface area contributed by atoms with Gasteiger partial charge in [0.05, 0.1) is 11.5 Å². The predicted molar refractivity (Wildman–Crippen MR) is 67.3 cm³/mol. The summed E-state index contributed by atoms with van der Waals surface area (Å²) in [5.41, 5.74) is 0.477. The summed E-state index contributed by atoms with van der Waals surface area (Å²) in [6, 6.07) is 9.36. The molecule has 96 valence electrons. The molecule has 19 heavy (non-hydrogen) atoms. The number of nitriles is 1. The first kappa shape index (κ1) is 13.2. The molecule has 1 heterocycles. The molecule has 4 heteroatoms. The zero-order chi connectivity index (χ0) is 13.9. The van der Waals surface area contributed by atoms with Gasteiger partial charge in [0.15, 0.2) is 11.6 Å². The van der Waals surface area contributed by atoms with E-state index in [4.69, 9.17) is 0 Å². The molecule has 1 aromatic carbocycles. The highest BCUT2D eigenvalue weighted by atomic mass is 19.2. The highest BCUT2D eigenvalue weighted by Crippen LogP contribution is 2.28. The van der Waals surface area contributed by atoms with E-state index in [1.807, 2.05) is 0 Å². The van der Waals surface area contributed by atoms with E-state index in [9.17, 15) is 14.0 Å². The molecule has 1 unspecified atom stereocenters. The van der Waals surface area contributed by atoms with Gasteiger partial charge in [0, 0.05) is 12.4 Å². The molecular weight excluding hydrogens is 246 g/mol. The highest BCUT2D eigenvalue weighted by molar-refractivity contribution is 5.35. The number of aromatic nitrogens is 1. The fourth-order valence-corrected chi connectivity index (χ4v) is 1.95. The number of pyridine rings is 1. The molecule has 2 nitrogen and oxygen atoms in total. The summed E-state index contributed by atoms with van der Waals surface area (Å²) in [7, 11) is 0. The molecule has 2 aromatic rings. The summed E-state index contributed by atoms with van der Waals surface area (Å²) in [5.74, 6) is -1.85. The third-order valence-corrected chi connectivity index (χ3v) is 3.11. The molecule has 0 aliphatic rings. The third-order valence-electron chi connectivity index (χ3n) is 3.11. The number of hydrogen-bond acceptors (Lipinski definition) is 2. The van der Waals surface area contributed by atoms with E-state index >= 15 is 0 Å². The molecule has 2 rings (SSSR count). The zero-order valence-electron chi connectivity index (χ0n) is 10.4. The van der Waals surface area contributed by atoms with Crippen molar-refractivity contribution < 1.29 is 8.78 Å². The Morgan fingerprint density at radius 2 is 1.84 bits per heavy atom. The summed E-state index contributed by atoms with van der Waals surface area (Å²) in [6.07, 6.45) is 3.69. The minimum atomic E-state index is -0.936. The molecule has 0 aliphatic carbocycles. The van der Waals surface area contributed by atoms with Crippen LogP contribution in [0.4, 0.5) is 8.78 Å². The van der Waals surface area contributed by atoms with Crippen LogP contribution in [0.3, 0.4) is 0 Å². The molecule has 0 fully saturated rings. The van der Waals surface area contributed by atoms with Gasteiger partial charge in [0.2, 0.25) is 0 Å². The Morgan fingerprint density at radius 3 is 2.42 bits per heavy atom. The maximum atomic E-state index is 13.3. The van der Waals surface area contributed by atoms with Crippen molar-refractivity contribution in [3.63, 3.8) is 0 Å². The van der Waals surface area contributed by atoms with Crippen LogP contribution in [0.2, 0.25) is 0 Å². The molecular formula is C15H12F2N2. The number of nitrogens with zero attached hydrogens (tertiary/aromatic N) is 2. The van der Waals surface area contributed by atoms with Gasteiger partial charge in [-0.3, -0.25) is 4.98 Å². The molecule has 1 atom stereocenters. The van der Waals surface area contributed by atoms with Crippen molar-refractivity contribution in [2.75, 3.05) is 0 Å². The zero-order valence-corrected chi connectivity index (χ0v) is 10.4. The van der Waals surface area contributed by atoms with Crippen LogP contribution in [0.1, 0.15) is 18.1 Å². The largest absolute Gasteiger partial charge is 0.265 e. The van der Waals surface area contributed by atoms with Gasteiger partial charge < -0.3 is 0 Å². The standard InChI is InChI=1S/C15H12F2N2/c1-15(10-18,9-11-4-6-19-7-5-11)12-2-3-13(16)14(17)8-12/h2-8H,9H2,1H3. The fourth-order valence-electron chi connectivity index (χ4n) is 1.95. The molecule has 0 N–H and O–H groups in total. The van der Waals surface area contributed by atoms with E-state index < -0.39 is 17.0 Å². The second-order valence-corrected chi connectivity index (χ2v) is 4.61. The van der Waals surface area contributed by atoms with Crippen LogP contribution < -0.4 is 0 Å². The Bertz CT molecular complexity index is 620. The molecule has 0 saturated heterocycles. The first-order valence-corrected chi connectivity index (χ1v) is 5.81. The quantitative estimate of drug-likeness (QED) is 0.846. The van der Waals surface area contributed by atoms with Crippen LogP contribution in [-0.2, 0) is 11.8 Å². The molecule has 1 aromatic heterocycles. The summed E-state index contributed by atoms with van der Waals surface area (Å²) >= 11 is 0. The monoisotopic (exact) mass is 258 g/mol. The van der Waals surface area contributed by atoms with E-state index in [1.165, 1.54) is 6.07 Å². The minimum Gasteiger partial charge on any atom is -0.265 e. The lowest BCUT2D eigenvalue weighted by molar-refractivity contribution is 0.500. The molecule has 0 amide bonds. The van der Waals surface area contributed by atoms with Gasteiger partial charge in [-0.15, -0.1) is 0 Å². The first-order chi connectivity index (χ1) is 9.05. The number of halogens is 2. The van der Waals surface area contributed by atoms with Crippen LogP contribution in [0.5, 0.6) is 0 Å². The van der Waals surface area contributed by atoms with Crippen molar-refractivity contribution in [3.05, 3.63) is 65.5 Å². The van der Waals surface area contributed by atoms with Gasteiger partial charge in [-0.2, -0.15) is 5.26 Å². The smallest absolute Gasteiger partial charge is 0.159 e. The Kier molecular flexibility index (Phi) is 3.57. The van der Waals surface area contributed by atoms with Gasteiger partial charge in [-0.1, -0.05) is 6.07 Å². The number of benzene rings is 1. The summed E-state index contributed by atoms with van der Waals surface area (Å²) in [4.78, 5) is 3.91. The normalized spacial score (nSPS) is 13.6. The van der Waals surface area contributed by atoms with Crippen molar-refractivity contribution in [1.82, 2.24) is 4.98 Å². The molecule has 0 saturated carbocycles. The Hall–Kier alpha value is -2.28. The lowest BCUT2D eigenvalue weighted by atomic mass is 9.79. The molecule has 0 radical (unpaired) electrons. The van der Waals surface area contributed by atoms with Crippen molar-refractivity contribution >= 4 is 0 Å². The van der Waals surface area contributed by atoms with Crippen molar-refractivity contribution in [1.29, 1.82) is 5.26 Å². The first-order valence-electron chi connectivity index (χ1n) is 5.81. The highest BCUT2D eigenvalue weighted by Gasteiger charge is 2.27. The summed E-state index contributed by atoms with van der Waals surface area (Å²) in [6.45, 7) is 1.71. The van der Waals surface area contributed by atoms with E-state index in [2.05, 4.69) is 11.1 Å². The molecule has 0 aliphatic heterocycles. The number of rotatable bonds is 3. The van der Waals surface area contributed by atoms with Crippen molar-refractivity contribution in [2.24, 2.45) is 0 Å². The predicted octanol–water partition coefficient (Wildman–Crippen LogP) is 3.38. The van der Waals surface area contributed by atoms with Crippen LogP contribution in [-0.4, -0.2) is 4.98 Å². The average molecular weight is 258 g/mol. The second-order valence-electron chi connectivity index (χ2n) is 4.61. The lowest BCUT2D eigenvalue weighted by Gasteiger charge is -2.22. The second kappa shape index (κ2) is 5.15. The average Bonchev–Trinajstić information content (AvgIpc) is 2.43. The van der Waals surface area contributed by atoms with Gasteiger partial charge in [0.1, 0.15) is 0 Å².